The summed E-state index contributed by atoms with van der Waals surface area (Å²) < 4.78 is 15.2. The van der Waals surface area contributed by atoms with E-state index in [0.717, 1.165) is 93.4 Å². The van der Waals surface area contributed by atoms with E-state index >= 15 is 0 Å². The predicted octanol–water partition coefficient (Wildman–Crippen LogP) is 14.0. The Kier molecular flexibility index (Phi) is 7.17. The first-order valence-corrected chi connectivity index (χ1v) is 20.3. The lowest BCUT2D eigenvalue weighted by molar-refractivity contribution is 0.622. The van der Waals surface area contributed by atoms with Crippen LogP contribution in [0.1, 0.15) is 0 Å². The molecule has 0 saturated carbocycles. The highest BCUT2D eigenvalue weighted by Crippen LogP contribution is 2.40. The number of rotatable bonds is 5. The fourth-order valence-electron chi connectivity index (χ4n) is 8.97. The lowest BCUT2D eigenvalue weighted by Crippen LogP contribution is -2.00. The van der Waals surface area contributed by atoms with Crippen LogP contribution in [0.25, 0.3) is 128 Å². The molecule has 4 aromatic heterocycles. The van der Waals surface area contributed by atoms with E-state index < -0.39 is 0 Å². The molecular weight excluding hydrogens is 751 g/mol. The maximum absolute atomic E-state index is 6.45. The van der Waals surface area contributed by atoms with Gasteiger partial charge >= 0.3 is 0 Å². The highest BCUT2D eigenvalue weighted by Gasteiger charge is 2.20. The summed E-state index contributed by atoms with van der Waals surface area (Å²) in [7, 11) is 0. The zero-order valence-corrected chi connectivity index (χ0v) is 32.5. The van der Waals surface area contributed by atoms with Crippen molar-refractivity contribution in [3.63, 3.8) is 0 Å². The molecule has 0 radical (unpaired) electrons. The largest absolute Gasteiger partial charge is 0.456 e. The number of para-hydroxylation sites is 2. The van der Waals surface area contributed by atoms with Crippen molar-refractivity contribution in [1.29, 1.82) is 0 Å². The molecule has 0 aliphatic heterocycles. The Morgan fingerprint density at radius 1 is 0.377 bits per heavy atom. The van der Waals surface area contributed by atoms with Crippen molar-refractivity contribution in [3.8, 4) is 51.3 Å². The Balaban J connectivity index is 1.01. The van der Waals surface area contributed by atoms with Gasteiger partial charge in [-0.15, -0.1) is 0 Å². The number of aromatic nitrogens is 5. The lowest BCUT2D eigenvalue weighted by atomic mass is 10.0. The van der Waals surface area contributed by atoms with Gasteiger partial charge < -0.3 is 13.4 Å². The molecule has 0 N–H and O–H groups in total. The van der Waals surface area contributed by atoms with E-state index in [2.05, 4.69) is 144 Å². The molecule has 4 heterocycles. The molecule has 7 nitrogen and oxygen atoms in total. The summed E-state index contributed by atoms with van der Waals surface area (Å²) in [6.45, 7) is 0. The van der Waals surface area contributed by atoms with Crippen molar-refractivity contribution in [2.24, 2.45) is 0 Å². The molecule has 0 fully saturated rings. The molecule has 7 heteroatoms. The van der Waals surface area contributed by atoms with E-state index in [1.807, 2.05) is 48.5 Å². The smallest absolute Gasteiger partial charge is 0.227 e. The van der Waals surface area contributed by atoms with Crippen LogP contribution in [0.2, 0.25) is 0 Å². The monoisotopic (exact) mass is 781 g/mol. The molecular formula is C54H31N5O2. The van der Waals surface area contributed by atoms with Crippen LogP contribution in [0, 0.1) is 0 Å². The van der Waals surface area contributed by atoms with Gasteiger partial charge in [-0.2, -0.15) is 0 Å². The predicted molar refractivity (Wildman–Crippen MR) is 246 cm³/mol. The quantitative estimate of drug-likeness (QED) is 0.173. The summed E-state index contributed by atoms with van der Waals surface area (Å²) in [5.74, 6) is 2.38. The number of furan rings is 1. The molecule has 0 aliphatic carbocycles. The van der Waals surface area contributed by atoms with Crippen LogP contribution in [-0.4, -0.2) is 24.5 Å². The fraction of sp³-hybridized carbons (Fsp3) is 0. The molecule has 61 heavy (non-hydrogen) atoms. The molecule has 0 unspecified atom stereocenters. The Morgan fingerprint density at radius 2 is 1.08 bits per heavy atom. The van der Waals surface area contributed by atoms with Crippen molar-refractivity contribution in [3.05, 3.63) is 188 Å². The molecule has 9 aromatic carbocycles. The van der Waals surface area contributed by atoms with E-state index in [1.165, 1.54) is 5.39 Å². The van der Waals surface area contributed by atoms with Crippen LogP contribution in [0.4, 0.5) is 0 Å². The summed E-state index contributed by atoms with van der Waals surface area (Å²) in [5.41, 5.74) is 10.0. The van der Waals surface area contributed by atoms with Crippen LogP contribution in [-0.2, 0) is 0 Å². The molecule has 0 aliphatic rings. The van der Waals surface area contributed by atoms with E-state index in [-0.39, 0.29) is 0 Å². The van der Waals surface area contributed by atoms with Gasteiger partial charge in [-0.05, 0) is 100 Å². The van der Waals surface area contributed by atoms with Gasteiger partial charge in [0.15, 0.2) is 23.1 Å². The summed E-state index contributed by atoms with van der Waals surface area (Å²) in [6, 6.07) is 64.8. The van der Waals surface area contributed by atoms with Crippen LogP contribution >= 0.6 is 0 Å². The van der Waals surface area contributed by atoms with Gasteiger partial charge in [0.05, 0.1) is 16.4 Å². The second kappa shape index (κ2) is 13.0. The molecule has 0 spiro atoms. The Bertz CT molecular complexity index is 3880. The summed E-state index contributed by atoms with van der Waals surface area (Å²) >= 11 is 0. The van der Waals surface area contributed by atoms with Crippen LogP contribution in [0.15, 0.2) is 197 Å². The third-order valence-corrected chi connectivity index (χ3v) is 11.8. The van der Waals surface area contributed by atoms with Crippen molar-refractivity contribution < 1.29 is 8.83 Å². The molecule has 13 aromatic rings. The Hall–Kier alpha value is -8.42. The first-order valence-electron chi connectivity index (χ1n) is 20.3. The Labute approximate surface area is 347 Å². The molecule has 0 atom stereocenters. The van der Waals surface area contributed by atoms with Gasteiger partial charge in [-0.1, -0.05) is 109 Å². The average Bonchev–Trinajstić information content (AvgIpc) is 4.02. The van der Waals surface area contributed by atoms with Gasteiger partial charge in [-0.3, -0.25) is 0 Å². The summed E-state index contributed by atoms with van der Waals surface area (Å²) in [4.78, 5) is 20.5. The maximum atomic E-state index is 6.45. The molecule has 0 saturated heterocycles. The SMILES string of the molecule is c1ccc(-c2nc3ccc4oc5cc6ccc(-c7nc(-c8ccc9c(c8)c8ccccc8n9-c8ccccc8)nc(-c8cccc9ccccc89)n7)cc6cc5c4c3o2)cc1. The number of benzene rings is 9. The highest BCUT2D eigenvalue weighted by atomic mass is 16.4. The topological polar surface area (TPSA) is 82.8 Å². The van der Waals surface area contributed by atoms with Crippen LogP contribution < -0.4 is 0 Å². The third kappa shape index (κ3) is 5.31. The minimum absolute atomic E-state index is 0.578. The average molecular weight is 782 g/mol. The van der Waals surface area contributed by atoms with Crippen molar-refractivity contribution >= 4 is 76.4 Å². The molecule has 13 rings (SSSR count). The standard InChI is InChI=1S/C54H31N5O2/c1-3-13-33(14-4-1)54-55-44-25-27-47-49(50(44)61-54)43-30-37-28-35(23-22-34(37)31-48(43)60-47)51-56-52(58-53(57-51)41-20-11-15-32-12-7-8-18-39(32)41)36-24-26-46-42(29-36)40-19-9-10-21-45(40)59(46)38-16-5-2-6-17-38/h1-31H. The van der Waals surface area contributed by atoms with Gasteiger partial charge in [0.2, 0.25) is 5.89 Å². The lowest BCUT2D eigenvalue weighted by Gasteiger charge is -2.11. The normalized spacial score (nSPS) is 11.9. The second-order valence-corrected chi connectivity index (χ2v) is 15.4. The molecule has 0 amide bonds. The van der Waals surface area contributed by atoms with Gasteiger partial charge in [-0.25, -0.2) is 19.9 Å². The van der Waals surface area contributed by atoms with Gasteiger partial charge in [0, 0.05) is 44.1 Å². The molecule has 284 valence electrons. The van der Waals surface area contributed by atoms with E-state index in [4.69, 9.17) is 28.8 Å². The summed E-state index contributed by atoms with van der Waals surface area (Å²) in [5, 5.41) is 8.42. The zero-order chi connectivity index (χ0) is 40.0. The van der Waals surface area contributed by atoms with Crippen molar-refractivity contribution in [2.45, 2.75) is 0 Å². The number of hydrogen-bond acceptors (Lipinski definition) is 6. The van der Waals surface area contributed by atoms with Crippen molar-refractivity contribution in [1.82, 2.24) is 24.5 Å². The van der Waals surface area contributed by atoms with Crippen LogP contribution in [0.3, 0.4) is 0 Å². The minimum Gasteiger partial charge on any atom is -0.456 e. The first kappa shape index (κ1) is 33.5. The number of fused-ring (bicyclic) bond motifs is 10. The van der Waals surface area contributed by atoms with Gasteiger partial charge in [0.1, 0.15) is 16.7 Å². The summed E-state index contributed by atoms with van der Waals surface area (Å²) in [6.07, 6.45) is 0. The van der Waals surface area contributed by atoms with E-state index in [9.17, 15) is 0 Å². The maximum Gasteiger partial charge on any atom is 0.227 e. The van der Waals surface area contributed by atoms with Crippen molar-refractivity contribution in [2.75, 3.05) is 0 Å². The molecule has 0 bridgehead atoms. The third-order valence-electron chi connectivity index (χ3n) is 11.8. The Morgan fingerprint density at radius 3 is 1.95 bits per heavy atom. The van der Waals surface area contributed by atoms with E-state index in [1.54, 1.807) is 0 Å². The zero-order valence-electron chi connectivity index (χ0n) is 32.5. The minimum atomic E-state index is 0.578. The first-order chi connectivity index (χ1) is 30.2. The van der Waals surface area contributed by atoms with E-state index in [0.29, 0.717) is 28.9 Å². The highest BCUT2D eigenvalue weighted by molar-refractivity contribution is 6.19. The second-order valence-electron chi connectivity index (χ2n) is 15.4. The number of nitrogens with zero attached hydrogens (tertiary/aromatic N) is 5. The van der Waals surface area contributed by atoms with Gasteiger partial charge in [0.25, 0.3) is 0 Å². The van der Waals surface area contributed by atoms with Crippen LogP contribution in [0.5, 0.6) is 0 Å². The fourth-order valence-corrected chi connectivity index (χ4v) is 8.97. The number of hydrogen-bond donors (Lipinski definition) is 0. The number of oxazole rings is 1.